The number of ether oxygens (including phenoxy) is 1. The Balaban J connectivity index is 1.87. The van der Waals surface area contributed by atoms with Gasteiger partial charge in [0.25, 0.3) is 0 Å². The number of rotatable bonds is 6. The smallest absolute Gasteiger partial charge is 0.188 e. The molecule has 102 valence electrons. The molecule has 0 aliphatic rings. The van der Waals surface area contributed by atoms with Gasteiger partial charge in [-0.05, 0) is 5.56 Å². The minimum atomic E-state index is -0.0870. The molecule has 0 radical (unpaired) electrons. The van der Waals surface area contributed by atoms with Gasteiger partial charge in [-0.25, -0.2) is 0 Å². The van der Waals surface area contributed by atoms with Crippen molar-refractivity contribution in [2.75, 3.05) is 6.61 Å². The topological polar surface area (TPSA) is 76.2 Å². The first kappa shape index (κ1) is 14.0. The molecule has 2 aromatic rings. The fourth-order valence-electron chi connectivity index (χ4n) is 1.75. The van der Waals surface area contributed by atoms with Crippen LogP contribution in [0.2, 0.25) is 0 Å². The Hall–Kier alpha value is -2.46. The van der Waals surface area contributed by atoms with Crippen LogP contribution in [0.4, 0.5) is 0 Å². The minimum absolute atomic E-state index is 0.00988. The van der Waals surface area contributed by atoms with Crippen LogP contribution >= 0.6 is 0 Å². The summed E-state index contributed by atoms with van der Waals surface area (Å²) in [5.74, 6) is -0.0969. The van der Waals surface area contributed by atoms with Crippen LogP contribution in [0, 0.1) is 5.41 Å². The zero-order chi connectivity index (χ0) is 14.4. The van der Waals surface area contributed by atoms with E-state index in [0.717, 1.165) is 5.56 Å². The third-order valence-corrected chi connectivity index (χ3v) is 2.86. The third kappa shape index (κ3) is 3.76. The molecule has 2 rings (SSSR count). The van der Waals surface area contributed by atoms with Crippen molar-refractivity contribution < 1.29 is 9.53 Å². The molecule has 3 N–H and O–H groups in total. The lowest BCUT2D eigenvalue weighted by Crippen LogP contribution is -2.12. The molecule has 0 aromatic heterocycles. The zero-order valence-corrected chi connectivity index (χ0v) is 11.0. The van der Waals surface area contributed by atoms with E-state index in [9.17, 15) is 4.79 Å². The Kier molecular flexibility index (Phi) is 4.63. The summed E-state index contributed by atoms with van der Waals surface area (Å²) in [6, 6.07) is 16.3. The van der Waals surface area contributed by atoms with E-state index in [2.05, 4.69) is 0 Å². The second-order valence-corrected chi connectivity index (χ2v) is 4.39. The van der Waals surface area contributed by atoms with E-state index in [1.165, 1.54) is 0 Å². The molecule has 0 atom stereocenters. The first-order chi connectivity index (χ1) is 9.66. The third-order valence-electron chi connectivity index (χ3n) is 2.86. The summed E-state index contributed by atoms with van der Waals surface area (Å²) in [5.41, 5.74) is 7.55. The second kappa shape index (κ2) is 6.63. The standard InChI is InChI=1S/C16H16N2O2/c17-16(18)14-8-6-13(7-9-14)15(19)11-20-10-12-4-2-1-3-5-12/h1-9H,10-11H2,(H3,17,18). The van der Waals surface area contributed by atoms with Crippen molar-refractivity contribution >= 4 is 11.6 Å². The zero-order valence-electron chi connectivity index (χ0n) is 11.0. The Labute approximate surface area is 117 Å². The van der Waals surface area contributed by atoms with Gasteiger partial charge in [0.2, 0.25) is 0 Å². The Morgan fingerprint density at radius 1 is 1.00 bits per heavy atom. The van der Waals surface area contributed by atoms with Gasteiger partial charge in [-0.3, -0.25) is 10.2 Å². The van der Waals surface area contributed by atoms with Gasteiger partial charge in [0, 0.05) is 11.1 Å². The van der Waals surface area contributed by atoms with Crippen molar-refractivity contribution in [1.82, 2.24) is 0 Å². The van der Waals surface area contributed by atoms with Gasteiger partial charge >= 0.3 is 0 Å². The second-order valence-electron chi connectivity index (χ2n) is 4.39. The maximum absolute atomic E-state index is 11.9. The van der Waals surface area contributed by atoms with Gasteiger partial charge in [-0.15, -0.1) is 0 Å². The molecule has 0 unspecified atom stereocenters. The number of nitrogens with one attached hydrogen (secondary N) is 1. The maximum Gasteiger partial charge on any atom is 0.188 e. The number of carbonyl (C=O) groups is 1. The minimum Gasteiger partial charge on any atom is -0.384 e. The number of amidine groups is 1. The summed E-state index contributed by atoms with van der Waals surface area (Å²) in [6.07, 6.45) is 0. The lowest BCUT2D eigenvalue weighted by Gasteiger charge is -2.05. The van der Waals surface area contributed by atoms with E-state index >= 15 is 0 Å². The molecule has 0 fully saturated rings. The predicted molar refractivity (Wildman–Crippen MR) is 77.9 cm³/mol. The van der Waals surface area contributed by atoms with Gasteiger partial charge < -0.3 is 10.5 Å². The van der Waals surface area contributed by atoms with Gasteiger partial charge in [-0.2, -0.15) is 0 Å². The molecule has 20 heavy (non-hydrogen) atoms. The molecular weight excluding hydrogens is 252 g/mol. The van der Waals surface area contributed by atoms with Gasteiger partial charge in [0.15, 0.2) is 5.78 Å². The van der Waals surface area contributed by atoms with Crippen LogP contribution in [-0.4, -0.2) is 18.2 Å². The molecule has 4 heteroatoms. The van der Waals surface area contributed by atoms with Crippen LogP contribution < -0.4 is 5.73 Å². The molecule has 2 aromatic carbocycles. The van der Waals surface area contributed by atoms with Crippen LogP contribution in [0.15, 0.2) is 54.6 Å². The van der Waals surface area contributed by atoms with E-state index in [-0.39, 0.29) is 18.2 Å². The van der Waals surface area contributed by atoms with Crippen LogP contribution in [0.3, 0.4) is 0 Å². The molecule has 0 amide bonds. The largest absolute Gasteiger partial charge is 0.384 e. The molecule has 4 nitrogen and oxygen atoms in total. The summed E-state index contributed by atoms with van der Waals surface area (Å²) in [4.78, 5) is 11.9. The van der Waals surface area contributed by atoms with Crippen LogP contribution in [0.5, 0.6) is 0 Å². The van der Waals surface area contributed by atoms with Crippen molar-refractivity contribution in [3.8, 4) is 0 Å². The SMILES string of the molecule is N=C(N)c1ccc(C(=O)COCc2ccccc2)cc1. The van der Waals surface area contributed by atoms with E-state index < -0.39 is 0 Å². The normalized spacial score (nSPS) is 10.2. The molecule has 0 spiro atoms. The molecule has 0 bridgehead atoms. The number of benzene rings is 2. The van der Waals surface area contributed by atoms with E-state index in [1.54, 1.807) is 24.3 Å². The summed E-state index contributed by atoms with van der Waals surface area (Å²) < 4.78 is 5.40. The number of carbonyl (C=O) groups excluding carboxylic acids is 1. The molecule has 0 saturated carbocycles. The lowest BCUT2D eigenvalue weighted by molar-refractivity contribution is 0.0726. The van der Waals surface area contributed by atoms with Gasteiger partial charge in [0.05, 0.1) is 6.61 Å². The monoisotopic (exact) mass is 268 g/mol. The highest BCUT2D eigenvalue weighted by Gasteiger charge is 2.06. The summed E-state index contributed by atoms with van der Waals surface area (Å²) in [6.45, 7) is 0.451. The Morgan fingerprint density at radius 2 is 1.60 bits per heavy atom. The number of ketones is 1. The number of nitrogens with two attached hydrogens (primary N) is 1. The molecular formula is C16H16N2O2. The summed E-state index contributed by atoms with van der Waals surface area (Å²) in [7, 11) is 0. The van der Waals surface area contributed by atoms with E-state index in [1.807, 2.05) is 30.3 Å². The predicted octanol–water partition coefficient (Wildman–Crippen LogP) is 2.37. The highest BCUT2D eigenvalue weighted by Crippen LogP contribution is 2.06. The van der Waals surface area contributed by atoms with Crippen molar-refractivity contribution in [3.05, 3.63) is 71.3 Å². The Bertz CT molecular complexity index is 592. The van der Waals surface area contributed by atoms with E-state index in [4.69, 9.17) is 15.9 Å². The summed E-state index contributed by atoms with van der Waals surface area (Å²) >= 11 is 0. The van der Waals surface area contributed by atoms with Crippen molar-refractivity contribution in [3.63, 3.8) is 0 Å². The molecule has 0 saturated heterocycles. The van der Waals surface area contributed by atoms with Crippen LogP contribution in [-0.2, 0) is 11.3 Å². The average molecular weight is 268 g/mol. The summed E-state index contributed by atoms with van der Waals surface area (Å²) in [5, 5.41) is 7.29. The van der Waals surface area contributed by atoms with Crippen molar-refractivity contribution in [1.29, 1.82) is 5.41 Å². The van der Waals surface area contributed by atoms with Crippen LogP contribution in [0.1, 0.15) is 21.5 Å². The van der Waals surface area contributed by atoms with Crippen LogP contribution in [0.25, 0.3) is 0 Å². The first-order valence-electron chi connectivity index (χ1n) is 6.26. The highest BCUT2D eigenvalue weighted by atomic mass is 16.5. The number of Topliss-reactive ketones (excluding diaryl/α,β-unsaturated/α-hetero) is 1. The average Bonchev–Trinajstić information content (AvgIpc) is 2.48. The highest BCUT2D eigenvalue weighted by molar-refractivity contribution is 5.99. The number of hydrogen-bond donors (Lipinski definition) is 2. The van der Waals surface area contributed by atoms with Gasteiger partial charge in [-0.1, -0.05) is 54.6 Å². The number of hydrogen-bond acceptors (Lipinski definition) is 3. The quantitative estimate of drug-likeness (QED) is 0.479. The lowest BCUT2D eigenvalue weighted by atomic mass is 10.1. The van der Waals surface area contributed by atoms with E-state index in [0.29, 0.717) is 17.7 Å². The van der Waals surface area contributed by atoms with Gasteiger partial charge in [0.1, 0.15) is 12.4 Å². The molecule has 0 heterocycles. The fraction of sp³-hybridized carbons (Fsp3) is 0.125. The van der Waals surface area contributed by atoms with Crippen molar-refractivity contribution in [2.45, 2.75) is 6.61 Å². The number of nitrogen functional groups attached to an aromatic ring is 1. The molecule has 0 aliphatic carbocycles. The Morgan fingerprint density at radius 3 is 2.20 bits per heavy atom. The van der Waals surface area contributed by atoms with Crippen molar-refractivity contribution in [2.24, 2.45) is 5.73 Å². The first-order valence-corrected chi connectivity index (χ1v) is 6.26. The maximum atomic E-state index is 11.9. The molecule has 0 aliphatic heterocycles. The fourth-order valence-corrected chi connectivity index (χ4v) is 1.75.